The minimum atomic E-state index is -4.36. The second-order valence-electron chi connectivity index (χ2n) is 7.28. The van der Waals surface area contributed by atoms with Crippen LogP contribution in [0.4, 0.5) is 24.5 Å². The summed E-state index contributed by atoms with van der Waals surface area (Å²) in [6, 6.07) is 2.75. The molecule has 2 N–H and O–H groups in total. The summed E-state index contributed by atoms with van der Waals surface area (Å²) in [5.74, 6) is -1.04. The van der Waals surface area contributed by atoms with Crippen LogP contribution in [0.2, 0.25) is 0 Å². The third-order valence-corrected chi connectivity index (χ3v) is 5.51. The van der Waals surface area contributed by atoms with E-state index in [-0.39, 0.29) is 24.1 Å². The predicted octanol–water partition coefficient (Wildman–Crippen LogP) is 3.35. The zero-order valence-electron chi connectivity index (χ0n) is 15.1. The molecule has 4 rings (SSSR count). The van der Waals surface area contributed by atoms with Crippen molar-refractivity contribution in [2.75, 3.05) is 16.8 Å². The largest absolute Gasteiger partial charge is 0.483 e. The zero-order chi connectivity index (χ0) is 19.3. The van der Waals surface area contributed by atoms with Gasteiger partial charge in [-0.1, -0.05) is 0 Å². The van der Waals surface area contributed by atoms with Crippen molar-refractivity contribution in [2.45, 2.75) is 57.3 Å². The molecule has 0 radical (unpaired) electrons. The number of hydrazone groups is 1. The fourth-order valence-corrected chi connectivity index (χ4v) is 3.52. The summed E-state index contributed by atoms with van der Waals surface area (Å²) in [6.45, 7) is 2.97. The maximum absolute atomic E-state index is 13.4. The number of nitrogens with one attached hydrogen (secondary N) is 2. The molecule has 1 amide bonds. The van der Waals surface area contributed by atoms with Crippen LogP contribution in [-0.2, 0) is 4.79 Å². The van der Waals surface area contributed by atoms with Crippen LogP contribution in [0.25, 0.3) is 0 Å². The number of rotatable bonds is 3. The van der Waals surface area contributed by atoms with Gasteiger partial charge in [0.25, 0.3) is 5.91 Å². The van der Waals surface area contributed by atoms with Gasteiger partial charge in [-0.15, -0.1) is 0 Å². The monoisotopic (exact) mass is 382 g/mol. The van der Waals surface area contributed by atoms with Gasteiger partial charge in [-0.2, -0.15) is 18.3 Å². The van der Waals surface area contributed by atoms with Crippen molar-refractivity contribution in [1.29, 1.82) is 0 Å². The molecule has 0 saturated heterocycles. The minimum absolute atomic E-state index is 0.0901. The van der Waals surface area contributed by atoms with Crippen molar-refractivity contribution in [2.24, 2.45) is 5.10 Å². The number of ether oxygens (including phenoxy) is 1. The van der Waals surface area contributed by atoms with E-state index in [1.54, 1.807) is 17.9 Å². The number of carbonyl (C=O) groups excluding carboxylic acids is 1. The van der Waals surface area contributed by atoms with Crippen LogP contribution in [0.15, 0.2) is 17.2 Å². The molecule has 0 spiro atoms. The third-order valence-electron chi connectivity index (χ3n) is 5.51. The summed E-state index contributed by atoms with van der Waals surface area (Å²) < 4.78 is 45.9. The normalized spacial score (nSPS) is 23.3. The molecular weight excluding hydrogens is 361 g/mol. The first-order valence-electron chi connectivity index (χ1n) is 9.05. The maximum atomic E-state index is 13.4. The van der Waals surface area contributed by atoms with Gasteiger partial charge >= 0.3 is 6.18 Å². The van der Waals surface area contributed by atoms with Gasteiger partial charge in [-0.3, -0.25) is 4.79 Å². The van der Waals surface area contributed by atoms with Gasteiger partial charge in [0.2, 0.25) is 0 Å². The van der Waals surface area contributed by atoms with Crippen molar-refractivity contribution < 1.29 is 22.7 Å². The highest BCUT2D eigenvalue weighted by atomic mass is 19.4. The number of fused-ring (bicyclic) bond motifs is 3. The second kappa shape index (κ2) is 6.31. The van der Waals surface area contributed by atoms with Gasteiger partial charge in [0, 0.05) is 11.7 Å². The van der Waals surface area contributed by atoms with E-state index in [1.807, 2.05) is 0 Å². The molecule has 0 unspecified atom stereocenters. The fourth-order valence-electron chi connectivity index (χ4n) is 3.52. The zero-order valence-corrected chi connectivity index (χ0v) is 15.1. The first-order valence-corrected chi connectivity index (χ1v) is 9.05. The molecular formula is C18H21F3N4O2. The molecule has 146 valence electrons. The summed E-state index contributed by atoms with van der Waals surface area (Å²) in [5.41, 5.74) is 3.59. The third kappa shape index (κ3) is 3.08. The summed E-state index contributed by atoms with van der Waals surface area (Å²) in [6.07, 6.45) is -1.43. The van der Waals surface area contributed by atoms with Gasteiger partial charge in [0.15, 0.2) is 5.84 Å². The molecule has 0 aromatic heterocycles. The van der Waals surface area contributed by atoms with Crippen LogP contribution in [0, 0.1) is 0 Å². The van der Waals surface area contributed by atoms with Crippen LogP contribution in [0.5, 0.6) is 5.75 Å². The van der Waals surface area contributed by atoms with Crippen molar-refractivity contribution in [3.05, 3.63) is 17.7 Å². The molecule has 1 saturated carbocycles. The maximum Gasteiger partial charge on any atom is 0.395 e. The predicted molar refractivity (Wildman–Crippen MR) is 95.2 cm³/mol. The van der Waals surface area contributed by atoms with Crippen LogP contribution < -0.4 is 20.4 Å². The molecule has 2 heterocycles. The van der Waals surface area contributed by atoms with Gasteiger partial charge in [-0.05, 0) is 50.8 Å². The Labute approximate surface area is 154 Å². The van der Waals surface area contributed by atoms with Crippen LogP contribution >= 0.6 is 0 Å². The number of anilines is 2. The van der Waals surface area contributed by atoms with Gasteiger partial charge < -0.3 is 15.0 Å². The van der Waals surface area contributed by atoms with Crippen molar-refractivity contribution in [3.8, 4) is 5.75 Å². The molecule has 9 heteroatoms. The average Bonchev–Trinajstić information content (AvgIpc) is 2.58. The van der Waals surface area contributed by atoms with E-state index < -0.39 is 18.1 Å². The number of hydrogen-bond acceptors (Lipinski definition) is 5. The summed E-state index contributed by atoms with van der Waals surface area (Å²) in [4.78, 5) is 13.7. The lowest BCUT2D eigenvalue weighted by Crippen LogP contribution is -2.55. The Bertz CT molecular complexity index is 805. The summed E-state index contributed by atoms with van der Waals surface area (Å²) in [5, 5.41) is 7.26. The average molecular weight is 382 g/mol. The Kier molecular flexibility index (Phi) is 4.20. The van der Waals surface area contributed by atoms with Gasteiger partial charge in [0.05, 0.1) is 11.6 Å². The molecule has 3 aliphatic rings. The fraction of sp³-hybridized carbons (Fsp3) is 0.556. The summed E-state index contributed by atoms with van der Waals surface area (Å²) in [7, 11) is 0. The van der Waals surface area contributed by atoms with Crippen molar-refractivity contribution in [3.63, 3.8) is 0 Å². The molecule has 2 aliphatic heterocycles. The molecule has 6 nitrogen and oxygen atoms in total. The van der Waals surface area contributed by atoms with Gasteiger partial charge in [0.1, 0.15) is 18.4 Å². The number of amidine groups is 1. The SMILES string of the molecule is C[C@@H]1C(=O)NN=C2COc3cc([C@H](C)C(F)(F)F)c(NC4CCC4)cc3N21. The Hall–Kier alpha value is -2.45. The second-order valence-corrected chi connectivity index (χ2v) is 7.28. The highest BCUT2D eigenvalue weighted by Crippen LogP contribution is 2.45. The molecule has 1 fully saturated rings. The van der Waals surface area contributed by atoms with E-state index >= 15 is 0 Å². The quantitative estimate of drug-likeness (QED) is 0.842. The molecule has 1 aliphatic carbocycles. The molecule has 0 bridgehead atoms. The van der Waals surface area contributed by atoms with Crippen LogP contribution in [0.1, 0.15) is 44.6 Å². The first kappa shape index (κ1) is 17.9. The van der Waals surface area contributed by atoms with Crippen molar-refractivity contribution in [1.82, 2.24) is 5.43 Å². The van der Waals surface area contributed by atoms with Crippen LogP contribution in [0.3, 0.4) is 0 Å². The van der Waals surface area contributed by atoms with Crippen LogP contribution in [-0.4, -0.2) is 36.6 Å². The Balaban J connectivity index is 1.80. The van der Waals surface area contributed by atoms with E-state index in [1.165, 1.54) is 6.07 Å². The molecule has 2 atom stereocenters. The number of alkyl halides is 3. The molecule has 1 aromatic rings. The Morgan fingerprint density at radius 1 is 1.37 bits per heavy atom. The van der Waals surface area contributed by atoms with E-state index in [0.29, 0.717) is 23.0 Å². The highest BCUT2D eigenvalue weighted by molar-refractivity contribution is 6.09. The lowest BCUT2D eigenvalue weighted by molar-refractivity contribution is -0.146. The van der Waals surface area contributed by atoms with Gasteiger partial charge in [-0.25, -0.2) is 5.43 Å². The standard InChI is InChI=1S/C18H21F3N4O2/c1-9(18(19,20)21)12-6-15-14(7-13(12)22-11-4-3-5-11)25-10(2)17(26)24-23-16(25)8-27-15/h6-7,9-11,22H,3-5,8H2,1-2H3,(H,24,26)/t9-,10+/m0/s1. The Morgan fingerprint density at radius 3 is 2.74 bits per heavy atom. The first-order chi connectivity index (χ1) is 12.8. The van der Waals surface area contributed by atoms with E-state index in [9.17, 15) is 18.0 Å². The molecule has 27 heavy (non-hydrogen) atoms. The number of carbonyl (C=O) groups is 1. The lowest BCUT2D eigenvalue weighted by Gasteiger charge is -2.39. The number of hydrogen-bond donors (Lipinski definition) is 2. The van der Waals surface area contributed by atoms with E-state index in [2.05, 4.69) is 15.8 Å². The van der Waals surface area contributed by atoms with E-state index in [4.69, 9.17) is 4.74 Å². The smallest absolute Gasteiger partial charge is 0.395 e. The van der Waals surface area contributed by atoms with E-state index in [0.717, 1.165) is 26.2 Å². The highest BCUT2D eigenvalue weighted by Gasteiger charge is 2.41. The minimum Gasteiger partial charge on any atom is -0.483 e. The number of amides is 1. The number of benzene rings is 1. The lowest BCUT2D eigenvalue weighted by atomic mass is 9.91. The Morgan fingerprint density at radius 2 is 2.11 bits per heavy atom. The number of nitrogens with zero attached hydrogens (tertiary/aromatic N) is 2. The van der Waals surface area contributed by atoms with Crippen molar-refractivity contribution >= 4 is 23.1 Å². The topological polar surface area (TPSA) is 66.0 Å². The number of halogens is 3. The molecule has 1 aromatic carbocycles. The summed E-state index contributed by atoms with van der Waals surface area (Å²) >= 11 is 0.